The van der Waals surface area contributed by atoms with Crippen LogP contribution in [0.15, 0.2) is 65.9 Å². The average Bonchev–Trinajstić information content (AvgIpc) is 2.76. The monoisotopic (exact) mass is 404 g/mol. The second-order valence-corrected chi connectivity index (χ2v) is 6.76. The van der Waals surface area contributed by atoms with E-state index in [1.807, 2.05) is 54.6 Å². The Kier molecular flexibility index (Phi) is 5.34. The molecule has 1 aliphatic rings. The third-order valence-corrected chi connectivity index (χ3v) is 4.90. The number of urea groups is 1. The number of hydrogen-bond acceptors (Lipinski definition) is 5. The molecule has 152 valence electrons. The van der Waals surface area contributed by atoms with Crippen molar-refractivity contribution in [2.75, 3.05) is 19.8 Å². The Hall–Kier alpha value is -3.87. The second-order valence-electron chi connectivity index (χ2n) is 6.76. The van der Waals surface area contributed by atoms with Crippen molar-refractivity contribution in [1.82, 2.24) is 10.6 Å². The van der Waals surface area contributed by atoms with Gasteiger partial charge in [0.1, 0.15) is 6.61 Å². The second kappa shape index (κ2) is 8.24. The molecule has 3 aromatic rings. The zero-order chi connectivity index (χ0) is 21.1. The molecule has 4 rings (SSSR count). The number of rotatable bonds is 5. The Morgan fingerprint density at radius 1 is 0.933 bits per heavy atom. The number of nitrogens with one attached hydrogen (secondary N) is 2. The number of hydrogen-bond donors (Lipinski definition) is 2. The molecule has 3 aromatic carbocycles. The van der Waals surface area contributed by atoms with E-state index in [2.05, 4.69) is 10.6 Å². The first-order valence-electron chi connectivity index (χ1n) is 9.60. The van der Waals surface area contributed by atoms with Gasteiger partial charge in [0.15, 0.2) is 0 Å². The van der Waals surface area contributed by atoms with Crippen LogP contribution in [0.4, 0.5) is 4.79 Å². The van der Waals surface area contributed by atoms with E-state index < -0.39 is 18.0 Å². The molecule has 7 nitrogen and oxygen atoms in total. The summed E-state index contributed by atoms with van der Waals surface area (Å²) in [5, 5.41) is 8.45. The highest BCUT2D eigenvalue weighted by Crippen LogP contribution is 2.29. The van der Waals surface area contributed by atoms with E-state index in [4.69, 9.17) is 9.47 Å². The quantitative estimate of drug-likeness (QED) is 0.503. The molecule has 1 heterocycles. The standard InChI is InChI=1S/C23H20N2O5/c1-2-29-21(26)18-12-24-23(28)25-19(18)13-30-22(27)20-16-9-5-3-7-14(16)11-15-8-4-6-10-17(15)20/h3-11H,2,12-13H2,1H3,(H2,24,25,28). The van der Waals surface area contributed by atoms with Gasteiger partial charge in [-0.1, -0.05) is 48.5 Å². The minimum absolute atomic E-state index is 0.00868. The van der Waals surface area contributed by atoms with E-state index in [-0.39, 0.29) is 31.0 Å². The molecule has 0 saturated carbocycles. The van der Waals surface area contributed by atoms with Crippen molar-refractivity contribution >= 4 is 39.5 Å². The summed E-state index contributed by atoms with van der Waals surface area (Å²) in [7, 11) is 0. The van der Waals surface area contributed by atoms with Crippen molar-refractivity contribution in [3.05, 3.63) is 71.4 Å². The van der Waals surface area contributed by atoms with Crippen molar-refractivity contribution in [3.63, 3.8) is 0 Å². The average molecular weight is 404 g/mol. The first-order chi connectivity index (χ1) is 14.6. The first-order valence-corrected chi connectivity index (χ1v) is 9.60. The number of ether oxygens (including phenoxy) is 2. The lowest BCUT2D eigenvalue weighted by Gasteiger charge is -2.21. The van der Waals surface area contributed by atoms with Gasteiger partial charge in [0, 0.05) is 0 Å². The van der Waals surface area contributed by atoms with Gasteiger partial charge in [-0.15, -0.1) is 0 Å². The Labute approximate surface area is 172 Å². The molecule has 0 spiro atoms. The minimum atomic E-state index is -0.563. The minimum Gasteiger partial charge on any atom is -0.463 e. The van der Waals surface area contributed by atoms with Crippen LogP contribution in [-0.2, 0) is 14.3 Å². The maximum absolute atomic E-state index is 13.1. The molecule has 7 heteroatoms. The smallest absolute Gasteiger partial charge is 0.339 e. The van der Waals surface area contributed by atoms with Gasteiger partial charge in [0.25, 0.3) is 0 Å². The summed E-state index contributed by atoms with van der Waals surface area (Å²) in [6.07, 6.45) is 0. The summed E-state index contributed by atoms with van der Waals surface area (Å²) in [4.78, 5) is 37.0. The summed E-state index contributed by atoms with van der Waals surface area (Å²) in [5.74, 6) is -1.10. The normalized spacial score (nSPS) is 13.7. The molecule has 0 atom stereocenters. The summed E-state index contributed by atoms with van der Waals surface area (Å²) in [5.41, 5.74) is 0.893. The van der Waals surface area contributed by atoms with Crippen LogP contribution in [-0.4, -0.2) is 37.7 Å². The van der Waals surface area contributed by atoms with Crippen molar-refractivity contribution in [2.24, 2.45) is 0 Å². The van der Waals surface area contributed by atoms with Crippen LogP contribution < -0.4 is 10.6 Å². The Morgan fingerprint density at radius 3 is 2.20 bits per heavy atom. The van der Waals surface area contributed by atoms with Gasteiger partial charge in [0.2, 0.25) is 0 Å². The fraction of sp³-hybridized carbons (Fsp3) is 0.174. The van der Waals surface area contributed by atoms with E-state index in [0.29, 0.717) is 5.56 Å². The van der Waals surface area contributed by atoms with Gasteiger partial charge >= 0.3 is 18.0 Å². The third kappa shape index (κ3) is 3.69. The summed E-state index contributed by atoms with van der Waals surface area (Å²) in [6, 6.07) is 16.7. The lowest BCUT2D eigenvalue weighted by atomic mass is 9.97. The van der Waals surface area contributed by atoms with Crippen LogP contribution in [0, 0.1) is 0 Å². The predicted octanol–water partition coefficient (Wildman–Crippen LogP) is 3.28. The molecule has 0 unspecified atom stereocenters. The molecule has 0 saturated heterocycles. The molecular weight excluding hydrogens is 384 g/mol. The number of fused-ring (bicyclic) bond motifs is 2. The van der Waals surface area contributed by atoms with Gasteiger partial charge in [-0.3, -0.25) is 0 Å². The highest BCUT2D eigenvalue weighted by molar-refractivity contribution is 6.16. The number of esters is 2. The summed E-state index contributed by atoms with van der Waals surface area (Å²) < 4.78 is 10.6. The maximum Gasteiger partial charge on any atom is 0.339 e. The molecule has 0 radical (unpaired) electrons. The topological polar surface area (TPSA) is 93.7 Å². The molecule has 2 amide bonds. The zero-order valence-corrected chi connectivity index (χ0v) is 16.4. The fourth-order valence-electron chi connectivity index (χ4n) is 3.51. The van der Waals surface area contributed by atoms with Crippen LogP contribution in [0.1, 0.15) is 17.3 Å². The van der Waals surface area contributed by atoms with Crippen molar-refractivity contribution in [1.29, 1.82) is 0 Å². The molecule has 30 heavy (non-hydrogen) atoms. The van der Waals surface area contributed by atoms with Crippen molar-refractivity contribution in [2.45, 2.75) is 6.92 Å². The van der Waals surface area contributed by atoms with Gasteiger partial charge in [-0.25, -0.2) is 14.4 Å². The summed E-state index contributed by atoms with van der Waals surface area (Å²) >= 11 is 0. The van der Waals surface area contributed by atoms with Gasteiger partial charge < -0.3 is 20.1 Å². The van der Waals surface area contributed by atoms with Gasteiger partial charge in [0.05, 0.1) is 30.0 Å². The Bertz CT molecular complexity index is 1140. The first kappa shape index (κ1) is 19.4. The lowest BCUT2D eigenvalue weighted by Crippen LogP contribution is -2.45. The fourth-order valence-corrected chi connectivity index (χ4v) is 3.51. The molecule has 0 aromatic heterocycles. The number of amides is 2. The zero-order valence-electron chi connectivity index (χ0n) is 16.4. The number of carbonyl (C=O) groups is 3. The molecule has 1 aliphatic heterocycles. The van der Waals surface area contributed by atoms with Crippen LogP contribution in [0.3, 0.4) is 0 Å². The lowest BCUT2D eigenvalue weighted by molar-refractivity contribution is -0.138. The van der Waals surface area contributed by atoms with Crippen LogP contribution in [0.2, 0.25) is 0 Å². The van der Waals surface area contributed by atoms with Crippen molar-refractivity contribution < 1.29 is 23.9 Å². The molecule has 0 bridgehead atoms. The van der Waals surface area contributed by atoms with Gasteiger partial charge in [-0.05, 0) is 34.5 Å². The Morgan fingerprint density at radius 2 is 1.57 bits per heavy atom. The molecule has 0 aliphatic carbocycles. The highest BCUT2D eigenvalue weighted by atomic mass is 16.5. The molecular formula is C23H20N2O5. The van der Waals surface area contributed by atoms with Crippen LogP contribution >= 0.6 is 0 Å². The summed E-state index contributed by atoms with van der Waals surface area (Å²) in [6.45, 7) is 1.65. The van der Waals surface area contributed by atoms with Crippen LogP contribution in [0.5, 0.6) is 0 Å². The van der Waals surface area contributed by atoms with Gasteiger partial charge in [-0.2, -0.15) is 0 Å². The predicted molar refractivity (Wildman–Crippen MR) is 112 cm³/mol. The number of carbonyl (C=O) groups excluding carboxylic acids is 3. The largest absolute Gasteiger partial charge is 0.463 e. The highest BCUT2D eigenvalue weighted by Gasteiger charge is 2.25. The SMILES string of the molecule is CCOC(=O)C1=C(COC(=O)c2c3ccccc3cc3ccccc23)NC(=O)NC1. The van der Waals surface area contributed by atoms with E-state index in [1.54, 1.807) is 6.92 Å². The molecule has 2 N–H and O–H groups in total. The Balaban J connectivity index is 1.69. The van der Waals surface area contributed by atoms with Crippen LogP contribution in [0.25, 0.3) is 21.5 Å². The van der Waals surface area contributed by atoms with E-state index in [9.17, 15) is 14.4 Å². The molecule has 0 fully saturated rings. The van der Waals surface area contributed by atoms with Crippen molar-refractivity contribution in [3.8, 4) is 0 Å². The van der Waals surface area contributed by atoms with E-state index in [0.717, 1.165) is 21.5 Å². The third-order valence-electron chi connectivity index (χ3n) is 4.90. The van der Waals surface area contributed by atoms with E-state index >= 15 is 0 Å². The maximum atomic E-state index is 13.1. The van der Waals surface area contributed by atoms with E-state index in [1.165, 1.54) is 0 Å². The number of benzene rings is 3.